The molecule has 3 unspecified atom stereocenters. The highest BCUT2D eigenvalue weighted by molar-refractivity contribution is 5.73. The van der Waals surface area contributed by atoms with E-state index in [1.54, 1.807) is 0 Å². The summed E-state index contributed by atoms with van der Waals surface area (Å²) in [6, 6.07) is 8.93. The number of aliphatic hydroxyl groups is 2. The van der Waals surface area contributed by atoms with Gasteiger partial charge in [-0.2, -0.15) is 0 Å². The van der Waals surface area contributed by atoms with E-state index in [0.717, 1.165) is 36.7 Å². The standard InChI is InChI=1S/C28H39F2N3O3/c1-18(35)32-25(14-20-11-21(29)15-22(30)12-20)27(36)17-31-24-7-8-33(9-10-34)26-6-5-19(13-23(24)26)16-28(2,3)4/h5-6,11-13,15,24-25,27,31,34,36H,7-10,14,16-17H2,1-4H3,(H,32,35). The van der Waals surface area contributed by atoms with E-state index in [-0.39, 0.29) is 36.9 Å². The Morgan fingerprint density at radius 1 is 1.14 bits per heavy atom. The number of rotatable bonds is 10. The molecule has 3 atom stereocenters. The van der Waals surface area contributed by atoms with Crippen molar-refractivity contribution < 1.29 is 23.8 Å². The zero-order chi connectivity index (χ0) is 26.5. The van der Waals surface area contributed by atoms with Gasteiger partial charge in [0.15, 0.2) is 0 Å². The molecule has 1 heterocycles. The Labute approximate surface area is 212 Å². The van der Waals surface area contributed by atoms with Crippen molar-refractivity contribution >= 4 is 11.6 Å². The number of benzene rings is 2. The largest absolute Gasteiger partial charge is 0.395 e. The molecule has 6 nitrogen and oxygen atoms in total. The highest BCUT2D eigenvalue weighted by atomic mass is 19.1. The molecule has 198 valence electrons. The van der Waals surface area contributed by atoms with E-state index in [9.17, 15) is 23.8 Å². The van der Waals surface area contributed by atoms with Crippen LogP contribution in [0.1, 0.15) is 56.8 Å². The van der Waals surface area contributed by atoms with E-state index in [0.29, 0.717) is 12.1 Å². The molecule has 2 aromatic carbocycles. The number of hydrogen-bond acceptors (Lipinski definition) is 5. The average Bonchev–Trinajstić information content (AvgIpc) is 2.76. The van der Waals surface area contributed by atoms with Crippen LogP contribution < -0.4 is 15.5 Å². The molecule has 0 saturated heterocycles. The zero-order valence-electron chi connectivity index (χ0n) is 21.7. The van der Waals surface area contributed by atoms with Gasteiger partial charge in [0.1, 0.15) is 11.6 Å². The molecule has 0 aromatic heterocycles. The van der Waals surface area contributed by atoms with Crippen LogP contribution in [0.2, 0.25) is 0 Å². The van der Waals surface area contributed by atoms with E-state index < -0.39 is 23.8 Å². The monoisotopic (exact) mass is 503 g/mol. The van der Waals surface area contributed by atoms with Crippen LogP contribution in [-0.2, 0) is 17.6 Å². The number of nitrogens with one attached hydrogen (secondary N) is 2. The topological polar surface area (TPSA) is 84.8 Å². The van der Waals surface area contributed by atoms with Crippen LogP contribution in [0.3, 0.4) is 0 Å². The predicted octanol–water partition coefficient (Wildman–Crippen LogP) is 3.49. The zero-order valence-corrected chi connectivity index (χ0v) is 21.7. The summed E-state index contributed by atoms with van der Waals surface area (Å²) in [5.74, 6) is -1.72. The first-order chi connectivity index (χ1) is 16.9. The second kappa shape index (κ2) is 12.1. The molecule has 2 aromatic rings. The molecule has 0 fully saturated rings. The number of fused-ring (bicyclic) bond motifs is 1. The lowest BCUT2D eigenvalue weighted by molar-refractivity contribution is -0.120. The summed E-state index contributed by atoms with van der Waals surface area (Å²) in [4.78, 5) is 14.0. The summed E-state index contributed by atoms with van der Waals surface area (Å²) in [6.45, 7) is 9.52. The maximum Gasteiger partial charge on any atom is 0.217 e. The summed E-state index contributed by atoms with van der Waals surface area (Å²) in [5, 5.41) is 26.7. The summed E-state index contributed by atoms with van der Waals surface area (Å²) in [6.07, 6.45) is 0.832. The number of nitrogens with zero attached hydrogens (tertiary/aromatic N) is 1. The molecular formula is C28H39F2N3O3. The number of hydrogen-bond donors (Lipinski definition) is 4. The van der Waals surface area contributed by atoms with Crippen LogP contribution in [0.5, 0.6) is 0 Å². The first-order valence-electron chi connectivity index (χ1n) is 12.6. The van der Waals surface area contributed by atoms with Gasteiger partial charge < -0.3 is 25.7 Å². The van der Waals surface area contributed by atoms with Gasteiger partial charge >= 0.3 is 0 Å². The van der Waals surface area contributed by atoms with Gasteiger partial charge in [0.25, 0.3) is 0 Å². The summed E-state index contributed by atoms with van der Waals surface area (Å²) >= 11 is 0. The van der Waals surface area contributed by atoms with Gasteiger partial charge in [0.2, 0.25) is 5.91 Å². The van der Waals surface area contributed by atoms with Crippen molar-refractivity contribution in [3.63, 3.8) is 0 Å². The molecule has 3 rings (SSSR count). The quantitative estimate of drug-likeness (QED) is 0.399. The number of aliphatic hydroxyl groups excluding tert-OH is 2. The number of carbonyl (C=O) groups excluding carboxylic acids is 1. The first-order valence-corrected chi connectivity index (χ1v) is 12.6. The highest BCUT2D eigenvalue weighted by Crippen LogP contribution is 2.35. The Balaban J connectivity index is 1.77. The van der Waals surface area contributed by atoms with E-state index in [1.165, 1.54) is 24.6 Å². The third-order valence-electron chi connectivity index (χ3n) is 6.40. The lowest BCUT2D eigenvalue weighted by Crippen LogP contribution is -2.49. The second-order valence-electron chi connectivity index (χ2n) is 10.9. The lowest BCUT2D eigenvalue weighted by Gasteiger charge is -2.37. The Kier molecular flexibility index (Phi) is 9.44. The van der Waals surface area contributed by atoms with E-state index in [4.69, 9.17) is 0 Å². The van der Waals surface area contributed by atoms with Crippen molar-refractivity contribution in [1.29, 1.82) is 0 Å². The van der Waals surface area contributed by atoms with E-state index in [1.807, 2.05) is 0 Å². The molecule has 36 heavy (non-hydrogen) atoms. The summed E-state index contributed by atoms with van der Waals surface area (Å²) < 4.78 is 27.3. The lowest BCUT2D eigenvalue weighted by atomic mass is 9.85. The molecular weight excluding hydrogens is 464 g/mol. The van der Waals surface area contributed by atoms with Crippen LogP contribution >= 0.6 is 0 Å². The molecule has 0 aliphatic carbocycles. The minimum absolute atomic E-state index is 0.0193. The predicted molar refractivity (Wildman–Crippen MR) is 138 cm³/mol. The molecule has 1 amide bonds. The van der Waals surface area contributed by atoms with Crippen LogP contribution in [-0.4, -0.2) is 54.5 Å². The number of anilines is 1. The fourth-order valence-corrected chi connectivity index (χ4v) is 4.95. The minimum Gasteiger partial charge on any atom is -0.395 e. The highest BCUT2D eigenvalue weighted by Gasteiger charge is 2.28. The van der Waals surface area contributed by atoms with Crippen molar-refractivity contribution in [2.75, 3.05) is 31.1 Å². The van der Waals surface area contributed by atoms with Crippen LogP contribution in [0.25, 0.3) is 0 Å². The smallest absolute Gasteiger partial charge is 0.217 e. The molecule has 0 spiro atoms. The van der Waals surface area contributed by atoms with Crippen LogP contribution in [0.15, 0.2) is 36.4 Å². The maximum absolute atomic E-state index is 13.7. The van der Waals surface area contributed by atoms with Crippen LogP contribution in [0.4, 0.5) is 14.5 Å². The van der Waals surface area contributed by atoms with Gasteiger partial charge in [0, 0.05) is 44.4 Å². The Hall–Kier alpha value is -2.55. The fourth-order valence-electron chi connectivity index (χ4n) is 4.95. The molecule has 0 bridgehead atoms. The van der Waals surface area contributed by atoms with Gasteiger partial charge in [-0.25, -0.2) is 8.78 Å². The number of halogens is 2. The van der Waals surface area contributed by atoms with Crippen LogP contribution in [0, 0.1) is 17.0 Å². The Morgan fingerprint density at radius 2 is 1.83 bits per heavy atom. The van der Waals surface area contributed by atoms with Gasteiger partial charge in [-0.05, 0) is 59.6 Å². The van der Waals surface area contributed by atoms with Gasteiger partial charge in [-0.1, -0.05) is 32.9 Å². The van der Waals surface area contributed by atoms with Gasteiger partial charge in [0.05, 0.1) is 18.8 Å². The molecule has 8 heteroatoms. The van der Waals surface area contributed by atoms with Gasteiger partial charge in [-0.3, -0.25) is 4.79 Å². The van der Waals surface area contributed by atoms with Crippen molar-refractivity contribution in [1.82, 2.24) is 10.6 Å². The minimum atomic E-state index is -0.975. The third kappa shape index (κ3) is 7.98. The van der Waals surface area contributed by atoms with E-state index >= 15 is 0 Å². The van der Waals surface area contributed by atoms with Crippen molar-refractivity contribution in [2.45, 2.75) is 65.1 Å². The Bertz CT molecular complexity index is 1020. The SMILES string of the molecule is CC(=O)NC(Cc1cc(F)cc(F)c1)C(O)CNC1CCN(CCO)c2ccc(CC(C)(C)C)cc21. The third-order valence-corrected chi connectivity index (χ3v) is 6.40. The maximum atomic E-state index is 13.7. The van der Waals surface area contributed by atoms with Gasteiger partial charge in [-0.15, -0.1) is 0 Å². The molecule has 1 aliphatic heterocycles. The Morgan fingerprint density at radius 3 is 2.44 bits per heavy atom. The fraction of sp³-hybridized carbons (Fsp3) is 0.536. The van der Waals surface area contributed by atoms with E-state index in [2.05, 4.69) is 54.5 Å². The normalized spacial score (nSPS) is 17.4. The summed E-state index contributed by atoms with van der Waals surface area (Å²) in [7, 11) is 0. The molecule has 1 aliphatic rings. The molecule has 0 saturated carbocycles. The number of carbonyl (C=O) groups is 1. The number of β-amino-alcohol motifs (C(OH)–C–C–N with tert-alkyl or cyclic N) is 1. The second-order valence-corrected chi connectivity index (χ2v) is 10.9. The number of amides is 1. The molecule has 4 N–H and O–H groups in total. The van der Waals surface area contributed by atoms with Crippen molar-refractivity contribution in [3.8, 4) is 0 Å². The molecule has 0 radical (unpaired) electrons. The van der Waals surface area contributed by atoms with Crippen molar-refractivity contribution in [3.05, 3.63) is 64.7 Å². The van der Waals surface area contributed by atoms with Crippen molar-refractivity contribution in [2.24, 2.45) is 5.41 Å². The first kappa shape index (κ1) is 28.0. The summed E-state index contributed by atoms with van der Waals surface area (Å²) in [5.41, 5.74) is 3.90. The average molecular weight is 504 g/mol.